The Balaban J connectivity index is 1.60. The van der Waals surface area contributed by atoms with Gasteiger partial charge in [-0.1, -0.05) is 60.7 Å². The first kappa shape index (κ1) is 25.7. The summed E-state index contributed by atoms with van der Waals surface area (Å²) in [5.41, 5.74) is 2.82. The van der Waals surface area contributed by atoms with Gasteiger partial charge in [-0.25, -0.2) is 14.4 Å². The van der Waals surface area contributed by atoms with Crippen LogP contribution in [0.15, 0.2) is 96.2 Å². The number of rotatable bonds is 9. The third-order valence-electron chi connectivity index (χ3n) is 5.95. The molecule has 3 aromatic carbocycles. The standard InChI is InChI=1S/C29H28N2O6/c1-20-25(28(33)36-18-17-35-2)26(30-29(34)31(20)19-21-9-5-3-6-10-21)22-13-15-24(16-14-22)37-27(32)23-11-7-4-8-12-23/h3-16,26H,17-19H2,1-2H3,(H,30,34). The first-order chi connectivity index (χ1) is 18.0. The maximum Gasteiger partial charge on any atom is 0.343 e. The Kier molecular flexibility index (Phi) is 8.33. The molecule has 0 aliphatic carbocycles. The molecule has 8 nitrogen and oxygen atoms in total. The molecular weight excluding hydrogens is 472 g/mol. The minimum atomic E-state index is -0.742. The highest BCUT2D eigenvalue weighted by Crippen LogP contribution is 2.33. The van der Waals surface area contributed by atoms with E-state index in [4.69, 9.17) is 14.2 Å². The van der Waals surface area contributed by atoms with Crippen LogP contribution in [0.5, 0.6) is 5.75 Å². The molecule has 0 saturated heterocycles. The first-order valence-electron chi connectivity index (χ1n) is 11.8. The first-order valence-corrected chi connectivity index (χ1v) is 11.8. The molecule has 0 spiro atoms. The van der Waals surface area contributed by atoms with Gasteiger partial charge < -0.3 is 19.5 Å². The number of nitrogens with zero attached hydrogens (tertiary/aromatic N) is 1. The molecule has 0 aromatic heterocycles. The Labute approximate surface area is 215 Å². The number of hydrogen-bond acceptors (Lipinski definition) is 6. The summed E-state index contributed by atoms with van der Waals surface area (Å²) >= 11 is 0. The summed E-state index contributed by atoms with van der Waals surface area (Å²) in [6, 6.07) is 23.8. The monoisotopic (exact) mass is 500 g/mol. The van der Waals surface area contributed by atoms with Crippen LogP contribution in [0.2, 0.25) is 0 Å². The number of urea groups is 1. The zero-order chi connectivity index (χ0) is 26.2. The SMILES string of the molecule is COCCOC(=O)C1=C(C)N(Cc2ccccc2)C(=O)NC1c1ccc(OC(=O)c2ccccc2)cc1. The van der Waals surface area contributed by atoms with Crippen molar-refractivity contribution in [1.82, 2.24) is 10.2 Å². The fourth-order valence-corrected chi connectivity index (χ4v) is 4.02. The van der Waals surface area contributed by atoms with Crippen molar-refractivity contribution in [2.75, 3.05) is 20.3 Å². The molecule has 0 radical (unpaired) electrons. The van der Waals surface area contributed by atoms with Crippen LogP contribution >= 0.6 is 0 Å². The summed E-state index contributed by atoms with van der Waals surface area (Å²) in [7, 11) is 1.52. The number of hydrogen-bond donors (Lipinski definition) is 1. The molecule has 4 rings (SSSR count). The lowest BCUT2D eigenvalue weighted by Gasteiger charge is -2.35. The van der Waals surface area contributed by atoms with Gasteiger partial charge in [-0.3, -0.25) is 4.90 Å². The number of esters is 2. The number of amides is 2. The van der Waals surface area contributed by atoms with Crippen LogP contribution in [0.25, 0.3) is 0 Å². The molecule has 2 amide bonds. The van der Waals surface area contributed by atoms with Gasteiger partial charge in [-0.2, -0.15) is 0 Å². The third-order valence-corrected chi connectivity index (χ3v) is 5.95. The van der Waals surface area contributed by atoms with Crippen LogP contribution in [0, 0.1) is 0 Å². The lowest BCUT2D eigenvalue weighted by atomic mass is 9.94. The second-order valence-corrected chi connectivity index (χ2v) is 8.41. The number of nitrogens with one attached hydrogen (secondary N) is 1. The molecule has 37 heavy (non-hydrogen) atoms. The number of ether oxygens (including phenoxy) is 3. The van der Waals surface area contributed by atoms with Gasteiger partial charge in [0.25, 0.3) is 0 Å². The Bertz CT molecular complexity index is 1270. The van der Waals surface area contributed by atoms with E-state index in [-0.39, 0.29) is 19.2 Å². The van der Waals surface area contributed by atoms with Gasteiger partial charge in [0, 0.05) is 12.8 Å². The highest BCUT2D eigenvalue weighted by molar-refractivity contribution is 5.95. The van der Waals surface area contributed by atoms with Gasteiger partial charge in [0.05, 0.1) is 30.3 Å². The largest absolute Gasteiger partial charge is 0.460 e. The highest BCUT2D eigenvalue weighted by Gasteiger charge is 2.36. The molecule has 1 unspecified atom stereocenters. The molecule has 1 atom stereocenters. The minimum Gasteiger partial charge on any atom is -0.460 e. The van der Waals surface area contributed by atoms with E-state index in [2.05, 4.69) is 5.32 Å². The molecule has 0 fully saturated rings. The molecule has 3 aromatic rings. The zero-order valence-corrected chi connectivity index (χ0v) is 20.7. The van der Waals surface area contributed by atoms with Crippen LogP contribution in [-0.2, 0) is 20.8 Å². The van der Waals surface area contributed by atoms with Gasteiger partial charge in [-0.15, -0.1) is 0 Å². The van der Waals surface area contributed by atoms with Crippen molar-refractivity contribution in [2.24, 2.45) is 0 Å². The van der Waals surface area contributed by atoms with Crippen molar-refractivity contribution in [1.29, 1.82) is 0 Å². The smallest absolute Gasteiger partial charge is 0.343 e. The average Bonchev–Trinajstić information content (AvgIpc) is 2.92. The summed E-state index contributed by atoms with van der Waals surface area (Å²) in [6.07, 6.45) is 0. The summed E-state index contributed by atoms with van der Waals surface area (Å²) in [4.78, 5) is 40.2. The fourth-order valence-electron chi connectivity index (χ4n) is 4.02. The van der Waals surface area contributed by atoms with Crippen LogP contribution in [0.4, 0.5) is 4.79 Å². The average molecular weight is 501 g/mol. The second kappa shape index (κ2) is 12.0. The van der Waals surface area contributed by atoms with Crippen molar-refractivity contribution in [3.63, 3.8) is 0 Å². The fraction of sp³-hybridized carbons (Fsp3) is 0.207. The second-order valence-electron chi connectivity index (χ2n) is 8.41. The molecule has 1 N–H and O–H groups in total. The number of benzene rings is 3. The van der Waals surface area contributed by atoms with Gasteiger partial charge >= 0.3 is 18.0 Å². The molecular formula is C29H28N2O6. The lowest BCUT2D eigenvalue weighted by Crippen LogP contribution is -2.47. The zero-order valence-electron chi connectivity index (χ0n) is 20.7. The summed E-state index contributed by atoms with van der Waals surface area (Å²) in [6.45, 7) is 2.37. The Hall–Kier alpha value is -4.43. The van der Waals surface area contributed by atoms with Crippen LogP contribution < -0.4 is 10.1 Å². The van der Waals surface area contributed by atoms with E-state index < -0.39 is 18.0 Å². The van der Waals surface area contributed by atoms with Crippen molar-refractivity contribution >= 4 is 18.0 Å². The highest BCUT2D eigenvalue weighted by atomic mass is 16.6. The molecule has 1 heterocycles. The number of methoxy groups -OCH3 is 1. The molecule has 0 saturated carbocycles. The summed E-state index contributed by atoms with van der Waals surface area (Å²) in [5.74, 6) is -0.679. The van der Waals surface area contributed by atoms with E-state index in [9.17, 15) is 14.4 Å². The van der Waals surface area contributed by atoms with Crippen LogP contribution in [0.1, 0.15) is 34.5 Å². The molecule has 1 aliphatic rings. The topological polar surface area (TPSA) is 94.2 Å². The molecule has 0 bridgehead atoms. The van der Waals surface area contributed by atoms with E-state index in [1.54, 1.807) is 55.5 Å². The number of carbonyl (C=O) groups excluding carboxylic acids is 3. The van der Waals surface area contributed by atoms with Gasteiger partial charge in [0.1, 0.15) is 12.4 Å². The number of carbonyl (C=O) groups is 3. The third kappa shape index (κ3) is 6.23. The molecule has 1 aliphatic heterocycles. The van der Waals surface area contributed by atoms with E-state index >= 15 is 0 Å². The Morgan fingerprint density at radius 2 is 1.51 bits per heavy atom. The molecule has 8 heteroatoms. The normalized spacial score (nSPS) is 15.2. The quantitative estimate of drug-likeness (QED) is 0.261. The van der Waals surface area contributed by atoms with Crippen molar-refractivity contribution in [3.05, 3.63) is 113 Å². The van der Waals surface area contributed by atoms with Crippen molar-refractivity contribution in [3.8, 4) is 5.75 Å². The van der Waals surface area contributed by atoms with Crippen molar-refractivity contribution in [2.45, 2.75) is 19.5 Å². The van der Waals surface area contributed by atoms with E-state index in [1.165, 1.54) is 12.0 Å². The van der Waals surface area contributed by atoms with Crippen molar-refractivity contribution < 1.29 is 28.6 Å². The van der Waals surface area contributed by atoms with Gasteiger partial charge in [0.2, 0.25) is 0 Å². The number of allylic oxidation sites excluding steroid dienone is 1. The summed E-state index contributed by atoms with van der Waals surface area (Å²) < 4.78 is 15.9. The maximum absolute atomic E-state index is 13.2. The maximum atomic E-state index is 13.2. The van der Waals surface area contributed by atoms with E-state index in [0.717, 1.165) is 5.56 Å². The van der Waals surface area contributed by atoms with Crippen LogP contribution in [-0.4, -0.2) is 43.2 Å². The van der Waals surface area contributed by atoms with Crippen LogP contribution in [0.3, 0.4) is 0 Å². The predicted octanol–water partition coefficient (Wildman–Crippen LogP) is 4.64. The molecule has 190 valence electrons. The minimum absolute atomic E-state index is 0.0832. The Morgan fingerprint density at radius 3 is 2.16 bits per heavy atom. The predicted molar refractivity (Wildman–Crippen MR) is 137 cm³/mol. The Morgan fingerprint density at radius 1 is 0.865 bits per heavy atom. The van der Waals surface area contributed by atoms with E-state index in [0.29, 0.717) is 34.7 Å². The van der Waals surface area contributed by atoms with E-state index in [1.807, 2.05) is 36.4 Å². The summed E-state index contributed by atoms with van der Waals surface area (Å²) in [5, 5.41) is 2.93. The van der Waals surface area contributed by atoms with Gasteiger partial charge in [-0.05, 0) is 42.3 Å². The van der Waals surface area contributed by atoms with Gasteiger partial charge in [0.15, 0.2) is 0 Å². The lowest BCUT2D eigenvalue weighted by molar-refractivity contribution is -0.140.